The number of hydrogen-bond acceptors (Lipinski definition) is 4. The molecule has 1 aliphatic carbocycles. The monoisotopic (exact) mass is 386 g/mol. The summed E-state index contributed by atoms with van der Waals surface area (Å²) >= 11 is 5.71. The Bertz CT molecular complexity index is 697. The van der Waals surface area contributed by atoms with Gasteiger partial charge >= 0.3 is 6.03 Å². The van der Waals surface area contributed by atoms with Crippen LogP contribution in [0.3, 0.4) is 0 Å². The maximum absolute atomic E-state index is 12.6. The van der Waals surface area contributed by atoms with Crippen LogP contribution in [0.15, 0.2) is 23.2 Å². The lowest BCUT2D eigenvalue weighted by Gasteiger charge is -2.35. The first-order chi connectivity index (χ1) is 12.0. The number of hydrogen-bond donors (Lipinski definition) is 1. The molecule has 25 heavy (non-hydrogen) atoms. The molecule has 0 unspecified atom stereocenters. The van der Waals surface area contributed by atoms with Gasteiger partial charge in [-0.15, -0.1) is 0 Å². The molecule has 0 spiro atoms. The Balaban J connectivity index is 1.55. The van der Waals surface area contributed by atoms with E-state index in [0.717, 1.165) is 25.7 Å². The molecule has 138 valence electrons. The second-order valence-electron chi connectivity index (χ2n) is 6.49. The largest absolute Gasteiger partial charge is 0.335 e. The fourth-order valence-corrected chi connectivity index (χ4v) is 4.79. The summed E-state index contributed by atoms with van der Waals surface area (Å²) in [5.41, 5.74) is 0. The van der Waals surface area contributed by atoms with E-state index in [4.69, 9.17) is 11.6 Å². The number of nitrogens with one attached hydrogen (secondary N) is 1. The van der Waals surface area contributed by atoms with E-state index in [1.807, 2.05) is 0 Å². The van der Waals surface area contributed by atoms with Crippen LogP contribution in [0.5, 0.6) is 0 Å². The van der Waals surface area contributed by atoms with Crippen LogP contribution < -0.4 is 5.32 Å². The molecule has 1 N–H and O–H groups in total. The van der Waals surface area contributed by atoms with Gasteiger partial charge in [0.05, 0.1) is 0 Å². The van der Waals surface area contributed by atoms with Crippen molar-refractivity contribution in [2.75, 3.05) is 26.2 Å². The Morgan fingerprint density at radius 1 is 1.12 bits per heavy atom. The highest BCUT2D eigenvalue weighted by molar-refractivity contribution is 7.89. The fraction of sp³-hybridized carbons (Fsp3) is 0.625. The summed E-state index contributed by atoms with van der Waals surface area (Å²) in [6.07, 6.45) is 6.88. The van der Waals surface area contributed by atoms with Crippen molar-refractivity contribution in [2.24, 2.45) is 0 Å². The van der Waals surface area contributed by atoms with E-state index in [9.17, 15) is 13.2 Å². The minimum Gasteiger partial charge on any atom is -0.335 e. The Morgan fingerprint density at radius 2 is 1.80 bits per heavy atom. The number of sulfonamides is 1. The molecule has 2 amide bonds. The topological polar surface area (TPSA) is 82.6 Å². The lowest BCUT2D eigenvalue weighted by atomic mass is 9.96. The zero-order valence-corrected chi connectivity index (χ0v) is 15.6. The number of halogens is 1. The van der Waals surface area contributed by atoms with E-state index >= 15 is 0 Å². The summed E-state index contributed by atoms with van der Waals surface area (Å²) in [6, 6.07) is 3.08. The zero-order valence-electron chi connectivity index (χ0n) is 14.0. The average molecular weight is 387 g/mol. The Hall–Kier alpha value is -1.38. The van der Waals surface area contributed by atoms with Crippen LogP contribution in [0.1, 0.15) is 32.1 Å². The summed E-state index contributed by atoms with van der Waals surface area (Å²) in [5, 5.41) is 3.33. The highest BCUT2D eigenvalue weighted by Gasteiger charge is 2.31. The van der Waals surface area contributed by atoms with Gasteiger partial charge in [-0.1, -0.05) is 30.9 Å². The van der Waals surface area contributed by atoms with Crippen molar-refractivity contribution in [1.29, 1.82) is 0 Å². The maximum atomic E-state index is 12.6. The van der Waals surface area contributed by atoms with Gasteiger partial charge < -0.3 is 10.2 Å². The number of pyridine rings is 1. The van der Waals surface area contributed by atoms with Crippen LogP contribution in [0.4, 0.5) is 4.79 Å². The number of carbonyl (C=O) groups excluding carboxylic acids is 1. The van der Waals surface area contributed by atoms with Gasteiger partial charge in [-0.25, -0.2) is 18.2 Å². The molecule has 1 aliphatic heterocycles. The van der Waals surface area contributed by atoms with Crippen LogP contribution in [-0.2, 0) is 10.0 Å². The van der Waals surface area contributed by atoms with Crippen LogP contribution in [0, 0.1) is 0 Å². The summed E-state index contributed by atoms with van der Waals surface area (Å²) in [4.78, 5) is 18.0. The van der Waals surface area contributed by atoms with Crippen molar-refractivity contribution in [1.82, 2.24) is 19.5 Å². The maximum Gasteiger partial charge on any atom is 0.317 e. The molecule has 1 saturated heterocycles. The number of carbonyl (C=O) groups is 1. The van der Waals surface area contributed by atoms with Gasteiger partial charge in [0.1, 0.15) is 10.0 Å². The molecular weight excluding hydrogens is 364 g/mol. The molecule has 0 atom stereocenters. The number of aromatic nitrogens is 1. The molecule has 0 bridgehead atoms. The highest BCUT2D eigenvalue weighted by atomic mass is 35.5. The molecule has 0 aromatic carbocycles. The van der Waals surface area contributed by atoms with E-state index in [1.54, 1.807) is 4.90 Å². The third-order valence-electron chi connectivity index (χ3n) is 4.80. The Kier molecular flexibility index (Phi) is 5.81. The summed E-state index contributed by atoms with van der Waals surface area (Å²) in [5.74, 6) is 0. The number of nitrogens with zero attached hydrogens (tertiary/aromatic N) is 3. The first-order valence-corrected chi connectivity index (χ1v) is 10.5. The SMILES string of the molecule is O=C(NC1CCCCC1)N1CCN(S(=O)(=O)c2ccc(Cl)nc2)CC1. The number of urea groups is 1. The highest BCUT2D eigenvalue weighted by Crippen LogP contribution is 2.20. The minimum atomic E-state index is -3.60. The van der Waals surface area contributed by atoms with Gasteiger partial charge in [0.2, 0.25) is 10.0 Å². The molecule has 9 heteroatoms. The second-order valence-corrected chi connectivity index (χ2v) is 8.82. The summed E-state index contributed by atoms with van der Waals surface area (Å²) in [7, 11) is -3.60. The molecule has 1 aromatic rings. The van der Waals surface area contributed by atoms with Crippen LogP contribution in [0.25, 0.3) is 0 Å². The lowest BCUT2D eigenvalue weighted by Crippen LogP contribution is -2.54. The van der Waals surface area contributed by atoms with Crippen molar-refractivity contribution < 1.29 is 13.2 Å². The van der Waals surface area contributed by atoms with Crippen molar-refractivity contribution in [3.63, 3.8) is 0 Å². The van der Waals surface area contributed by atoms with Gasteiger partial charge in [0.25, 0.3) is 0 Å². The standard InChI is InChI=1S/C16H23ClN4O3S/c17-15-7-6-14(12-18-15)25(23,24)21-10-8-20(9-11-21)16(22)19-13-4-2-1-3-5-13/h6-7,12-13H,1-5,8-11H2,(H,19,22). The molecule has 3 rings (SSSR count). The van der Waals surface area contributed by atoms with Crippen LogP contribution in [-0.4, -0.2) is 60.9 Å². The zero-order chi connectivity index (χ0) is 17.9. The number of piperazine rings is 1. The predicted octanol–water partition coefficient (Wildman–Crippen LogP) is 2.08. The van der Waals surface area contributed by atoms with E-state index in [-0.39, 0.29) is 35.2 Å². The molecule has 0 radical (unpaired) electrons. The number of amides is 2. The summed E-state index contributed by atoms with van der Waals surface area (Å²) < 4.78 is 26.6. The molecule has 7 nitrogen and oxygen atoms in total. The van der Waals surface area contributed by atoms with Crippen LogP contribution >= 0.6 is 11.6 Å². The van der Waals surface area contributed by atoms with Gasteiger partial charge in [-0.3, -0.25) is 0 Å². The third kappa shape index (κ3) is 4.43. The van der Waals surface area contributed by atoms with E-state index in [1.165, 1.54) is 29.1 Å². The third-order valence-corrected chi connectivity index (χ3v) is 6.90. The molecule has 1 aromatic heterocycles. The van der Waals surface area contributed by atoms with Crippen molar-refractivity contribution in [3.05, 3.63) is 23.5 Å². The Morgan fingerprint density at radius 3 is 2.40 bits per heavy atom. The normalized spacial score (nSPS) is 20.4. The van der Waals surface area contributed by atoms with Gasteiger partial charge in [0.15, 0.2) is 0 Å². The van der Waals surface area contributed by atoms with Crippen molar-refractivity contribution >= 4 is 27.7 Å². The van der Waals surface area contributed by atoms with Crippen molar-refractivity contribution in [3.8, 4) is 0 Å². The summed E-state index contributed by atoms with van der Waals surface area (Å²) in [6.45, 7) is 1.34. The van der Waals surface area contributed by atoms with E-state index in [2.05, 4.69) is 10.3 Å². The second kappa shape index (κ2) is 7.88. The first-order valence-electron chi connectivity index (χ1n) is 8.64. The van der Waals surface area contributed by atoms with E-state index in [0.29, 0.717) is 13.1 Å². The predicted molar refractivity (Wildman–Crippen MR) is 95.0 cm³/mol. The first kappa shape index (κ1) is 18.4. The quantitative estimate of drug-likeness (QED) is 0.806. The van der Waals surface area contributed by atoms with Crippen molar-refractivity contribution in [2.45, 2.75) is 43.0 Å². The lowest BCUT2D eigenvalue weighted by molar-refractivity contribution is 0.166. The molecule has 2 fully saturated rings. The van der Waals surface area contributed by atoms with Crippen LogP contribution in [0.2, 0.25) is 5.15 Å². The molecule has 2 heterocycles. The minimum absolute atomic E-state index is 0.0860. The number of rotatable bonds is 3. The fourth-order valence-electron chi connectivity index (χ4n) is 3.31. The van der Waals surface area contributed by atoms with Gasteiger partial charge in [-0.2, -0.15) is 4.31 Å². The average Bonchev–Trinajstić information content (AvgIpc) is 2.63. The molecule has 2 aliphatic rings. The Labute approximate surface area is 153 Å². The molecule has 1 saturated carbocycles. The molecular formula is C16H23ClN4O3S. The van der Waals surface area contributed by atoms with Gasteiger partial charge in [0, 0.05) is 38.4 Å². The van der Waals surface area contributed by atoms with E-state index < -0.39 is 10.0 Å². The smallest absolute Gasteiger partial charge is 0.317 e. The van der Waals surface area contributed by atoms with Gasteiger partial charge in [-0.05, 0) is 25.0 Å².